The fourth-order valence-electron chi connectivity index (χ4n) is 2.50. The van der Waals surface area contributed by atoms with E-state index >= 15 is 0 Å². The highest BCUT2D eigenvalue weighted by atomic mass is 16.1. The van der Waals surface area contributed by atoms with Crippen LogP contribution in [0.4, 0.5) is 5.95 Å². The van der Waals surface area contributed by atoms with E-state index < -0.39 is 0 Å². The van der Waals surface area contributed by atoms with Crippen molar-refractivity contribution in [1.29, 1.82) is 0 Å². The molecule has 1 aromatic carbocycles. The lowest BCUT2D eigenvalue weighted by Gasteiger charge is -2.17. The minimum Gasteiger partial charge on any atom is -0.369 e. The maximum absolute atomic E-state index is 12.5. The Bertz CT molecular complexity index is 631. The number of nitrogens with zero attached hydrogens (tertiary/aromatic N) is 2. The van der Waals surface area contributed by atoms with E-state index in [1.54, 1.807) is 0 Å². The predicted molar refractivity (Wildman–Crippen MR) is 70.9 cm³/mol. The zero-order chi connectivity index (χ0) is 12.5. The maximum atomic E-state index is 12.5. The smallest absolute Gasteiger partial charge is 0.262 e. The van der Waals surface area contributed by atoms with Crippen LogP contribution in [0.2, 0.25) is 0 Å². The second kappa shape index (κ2) is 4.29. The average Bonchev–Trinajstić information content (AvgIpc) is 2.40. The van der Waals surface area contributed by atoms with Crippen molar-refractivity contribution in [3.8, 4) is 5.69 Å². The van der Waals surface area contributed by atoms with E-state index in [0.29, 0.717) is 0 Å². The molecule has 0 fully saturated rings. The van der Waals surface area contributed by atoms with Crippen molar-refractivity contribution in [2.45, 2.75) is 25.7 Å². The topological polar surface area (TPSA) is 60.9 Å². The number of hydrogen-bond donors (Lipinski definition) is 1. The quantitative estimate of drug-likeness (QED) is 0.826. The number of benzene rings is 1. The van der Waals surface area contributed by atoms with Gasteiger partial charge in [-0.3, -0.25) is 4.79 Å². The van der Waals surface area contributed by atoms with Gasteiger partial charge < -0.3 is 5.73 Å². The van der Waals surface area contributed by atoms with Crippen molar-refractivity contribution >= 4 is 5.95 Å². The van der Waals surface area contributed by atoms with E-state index in [1.807, 2.05) is 30.3 Å². The van der Waals surface area contributed by atoms with E-state index in [4.69, 9.17) is 5.73 Å². The maximum Gasteiger partial charge on any atom is 0.262 e. The Labute approximate surface area is 105 Å². The van der Waals surface area contributed by atoms with Crippen molar-refractivity contribution in [1.82, 2.24) is 9.55 Å². The summed E-state index contributed by atoms with van der Waals surface area (Å²) in [6.45, 7) is 0. The number of rotatable bonds is 1. The Morgan fingerprint density at radius 2 is 1.83 bits per heavy atom. The molecule has 2 N–H and O–H groups in total. The number of nitrogen functional groups attached to an aromatic ring is 1. The Kier molecular flexibility index (Phi) is 2.63. The number of nitrogens with two attached hydrogens (primary N) is 1. The molecule has 0 unspecified atom stereocenters. The largest absolute Gasteiger partial charge is 0.369 e. The molecule has 0 aliphatic heterocycles. The lowest BCUT2D eigenvalue weighted by Crippen LogP contribution is -2.29. The van der Waals surface area contributed by atoms with Gasteiger partial charge in [-0.15, -0.1) is 0 Å². The summed E-state index contributed by atoms with van der Waals surface area (Å²) in [6, 6.07) is 9.43. The third-order valence-electron chi connectivity index (χ3n) is 3.39. The summed E-state index contributed by atoms with van der Waals surface area (Å²) in [4.78, 5) is 16.9. The van der Waals surface area contributed by atoms with Crippen molar-refractivity contribution in [3.05, 3.63) is 51.9 Å². The second-order valence-electron chi connectivity index (χ2n) is 4.58. The number of fused-ring (bicyclic) bond motifs is 1. The van der Waals surface area contributed by atoms with E-state index in [0.717, 1.165) is 42.6 Å². The molecule has 1 heterocycles. The van der Waals surface area contributed by atoms with Gasteiger partial charge in [0.25, 0.3) is 5.56 Å². The van der Waals surface area contributed by atoms with Crippen LogP contribution in [0.5, 0.6) is 0 Å². The fourth-order valence-corrected chi connectivity index (χ4v) is 2.50. The highest BCUT2D eigenvalue weighted by Gasteiger charge is 2.18. The van der Waals surface area contributed by atoms with Crippen molar-refractivity contribution in [2.75, 3.05) is 5.73 Å². The molecule has 0 radical (unpaired) electrons. The van der Waals surface area contributed by atoms with Crippen LogP contribution in [-0.2, 0) is 12.8 Å². The molecule has 4 nitrogen and oxygen atoms in total. The van der Waals surface area contributed by atoms with E-state index in [-0.39, 0.29) is 11.5 Å². The summed E-state index contributed by atoms with van der Waals surface area (Å²) in [6.07, 6.45) is 3.83. The molecule has 3 rings (SSSR count). The summed E-state index contributed by atoms with van der Waals surface area (Å²) >= 11 is 0. The Hall–Kier alpha value is -2.10. The first-order chi connectivity index (χ1) is 8.77. The number of aryl methyl sites for hydroxylation is 1. The fraction of sp³-hybridized carbons (Fsp3) is 0.286. The van der Waals surface area contributed by atoms with Gasteiger partial charge in [-0.1, -0.05) is 18.2 Å². The van der Waals surface area contributed by atoms with Gasteiger partial charge in [-0.2, -0.15) is 0 Å². The van der Waals surface area contributed by atoms with Gasteiger partial charge in [0.05, 0.1) is 11.4 Å². The van der Waals surface area contributed by atoms with Crippen molar-refractivity contribution in [2.24, 2.45) is 0 Å². The lowest BCUT2D eigenvalue weighted by atomic mass is 9.97. The van der Waals surface area contributed by atoms with Crippen LogP contribution in [0.15, 0.2) is 35.1 Å². The zero-order valence-electron chi connectivity index (χ0n) is 10.1. The average molecular weight is 241 g/mol. The number of para-hydroxylation sites is 1. The van der Waals surface area contributed by atoms with Gasteiger partial charge in [0.1, 0.15) is 0 Å². The molecule has 0 amide bonds. The van der Waals surface area contributed by atoms with Crippen LogP contribution in [0, 0.1) is 0 Å². The van der Waals surface area contributed by atoms with Gasteiger partial charge in [-0.05, 0) is 37.8 Å². The summed E-state index contributed by atoms with van der Waals surface area (Å²) < 4.78 is 1.50. The predicted octanol–water partition coefficient (Wildman–Crippen LogP) is 1.69. The normalized spacial score (nSPS) is 14.2. The van der Waals surface area contributed by atoms with Crippen LogP contribution in [0.25, 0.3) is 5.69 Å². The number of hydrogen-bond acceptors (Lipinski definition) is 3. The Balaban J connectivity index is 2.25. The first-order valence-electron chi connectivity index (χ1n) is 6.23. The van der Waals surface area contributed by atoms with Gasteiger partial charge in [0.15, 0.2) is 0 Å². The van der Waals surface area contributed by atoms with E-state index in [1.165, 1.54) is 4.57 Å². The Morgan fingerprint density at radius 3 is 2.61 bits per heavy atom. The molecule has 0 saturated heterocycles. The molecular weight excluding hydrogens is 226 g/mol. The Morgan fingerprint density at radius 1 is 1.11 bits per heavy atom. The summed E-state index contributed by atoms with van der Waals surface area (Å²) in [5.74, 6) is 0.284. The molecule has 0 bridgehead atoms. The lowest BCUT2D eigenvalue weighted by molar-refractivity contribution is 0.650. The minimum atomic E-state index is -0.0107. The highest BCUT2D eigenvalue weighted by molar-refractivity contribution is 5.41. The molecular formula is C14H15N3O. The van der Waals surface area contributed by atoms with Gasteiger partial charge in [0.2, 0.25) is 5.95 Å². The highest BCUT2D eigenvalue weighted by Crippen LogP contribution is 2.18. The van der Waals surface area contributed by atoms with Gasteiger partial charge in [0, 0.05) is 5.56 Å². The zero-order valence-corrected chi connectivity index (χ0v) is 10.1. The monoisotopic (exact) mass is 241 g/mol. The van der Waals surface area contributed by atoms with Gasteiger partial charge in [-0.25, -0.2) is 9.55 Å². The third-order valence-corrected chi connectivity index (χ3v) is 3.39. The van der Waals surface area contributed by atoms with Crippen LogP contribution in [-0.4, -0.2) is 9.55 Å². The minimum absolute atomic E-state index is 0.0107. The van der Waals surface area contributed by atoms with E-state index in [2.05, 4.69) is 4.98 Å². The molecule has 0 atom stereocenters. The van der Waals surface area contributed by atoms with Crippen molar-refractivity contribution in [3.63, 3.8) is 0 Å². The summed E-state index contributed by atoms with van der Waals surface area (Å²) in [5, 5.41) is 0. The van der Waals surface area contributed by atoms with E-state index in [9.17, 15) is 4.79 Å². The standard InChI is InChI=1S/C14H15N3O/c15-14-16-12-9-5-4-8-11(12)13(18)17(14)10-6-2-1-3-7-10/h1-3,6-7H,4-5,8-9H2,(H2,15,16). The van der Waals surface area contributed by atoms with Crippen LogP contribution < -0.4 is 11.3 Å². The molecule has 92 valence electrons. The summed E-state index contributed by atoms with van der Waals surface area (Å²) in [5.41, 5.74) is 8.41. The SMILES string of the molecule is Nc1nc2c(c(=O)n1-c1ccccc1)CCCC2. The molecule has 1 aromatic heterocycles. The van der Waals surface area contributed by atoms with Crippen LogP contribution in [0.1, 0.15) is 24.1 Å². The molecule has 0 spiro atoms. The van der Waals surface area contributed by atoms with Crippen LogP contribution in [0.3, 0.4) is 0 Å². The van der Waals surface area contributed by atoms with Crippen LogP contribution >= 0.6 is 0 Å². The van der Waals surface area contributed by atoms with Crippen molar-refractivity contribution < 1.29 is 0 Å². The molecule has 0 saturated carbocycles. The molecule has 18 heavy (non-hydrogen) atoms. The third kappa shape index (κ3) is 1.70. The summed E-state index contributed by atoms with van der Waals surface area (Å²) in [7, 11) is 0. The molecule has 4 heteroatoms. The second-order valence-corrected chi connectivity index (χ2v) is 4.58. The van der Waals surface area contributed by atoms with Gasteiger partial charge >= 0.3 is 0 Å². The molecule has 1 aliphatic carbocycles. The molecule has 1 aliphatic rings. The first-order valence-corrected chi connectivity index (χ1v) is 6.23. The number of aromatic nitrogens is 2. The first kappa shape index (κ1) is 11.0. The number of anilines is 1. The molecule has 2 aromatic rings.